The fourth-order valence-corrected chi connectivity index (χ4v) is 3.98. The summed E-state index contributed by atoms with van der Waals surface area (Å²) >= 11 is 0. The summed E-state index contributed by atoms with van der Waals surface area (Å²) in [5.41, 5.74) is 0.889. The van der Waals surface area contributed by atoms with E-state index in [4.69, 9.17) is 14.2 Å². The van der Waals surface area contributed by atoms with Crippen molar-refractivity contribution < 1.29 is 23.9 Å². The smallest absolute Gasteiger partial charge is 0.296 e. The van der Waals surface area contributed by atoms with E-state index in [2.05, 4.69) is 5.32 Å². The molecule has 0 saturated carbocycles. The number of benzene rings is 4. The summed E-state index contributed by atoms with van der Waals surface area (Å²) in [6.07, 6.45) is 1.38. The van der Waals surface area contributed by atoms with Crippen molar-refractivity contribution in [2.75, 3.05) is 19.0 Å². The van der Waals surface area contributed by atoms with Gasteiger partial charge in [-0.15, -0.1) is 0 Å². The van der Waals surface area contributed by atoms with Gasteiger partial charge in [-0.3, -0.25) is 14.9 Å². The molecule has 4 aromatic carbocycles. The van der Waals surface area contributed by atoms with Crippen molar-refractivity contribution >= 4 is 34.1 Å². The molecule has 0 aromatic heterocycles. The molecule has 0 spiro atoms. The zero-order valence-corrected chi connectivity index (χ0v) is 21.3. The van der Waals surface area contributed by atoms with Crippen molar-refractivity contribution in [2.24, 2.45) is 0 Å². The molecule has 4 rings (SSSR count). The number of nitrogens with zero attached hydrogens (tertiary/aromatic N) is 2. The summed E-state index contributed by atoms with van der Waals surface area (Å²) < 4.78 is 16.9. The highest BCUT2D eigenvalue weighted by atomic mass is 16.6. The molecular weight excluding hydrogens is 498 g/mol. The highest BCUT2D eigenvalue weighted by Crippen LogP contribution is 2.32. The van der Waals surface area contributed by atoms with Crippen molar-refractivity contribution in [3.8, 4) is 23.3 Å². The first kappa shape index (κ1) is 26.7. The monoisotopic (exact) mass is 523 g/mol. The van der Waals surface area contributed by atoms with Crippen LogP contribution < -0.4 is 19.5 Å². The van der Waals surface area contributed by atoms with E-state index in [0.29, 0.717) is 30.3 Å². The molecule has 9 nitrogen and oxygen atoms in total. The van der Waals surface area contributed by atoms with E-state index >= 15 is 0 Å². The van der Waals surface area contributed by atoms with Crippen molar-refractivity contribution in [3.05, 3.63) is 106 Å². The first-order valence-corrected chi connectivity index (χ1v) is 12.0. The molecule has 39 heavy (non-hydrogen) atoms. The molecule has 0 aliphatic rings. The van der Waals surface area contributed by atoms with Gasteiger partial charge in [0.2, 0.25) is 0 Å². The van der Waals surface area contributed by atoms with Crippen LogP contribution in [0.15, 0.2) is 84.4 Å². The number of hydrogen-bond donors (Lipinski definition) is 1. The number of nitro groups is 1. The third-order valence-corrected chi connectivity index (χ3v) is 5.86. The Bertz CT molecular complexity index is 1600. The van der Waals surface area contributed by atoms with Gasteiger partial charge in [-0.05, 0) is 59.2 Å². The number of fused-ring (bicyclic) bond motifs is 1. The summed E-state index contributed by atoms with van der Waals surface area (Å²) in [5, 5.41) is 25.7. The summed E-state index contributed by atoms with van der Waals surface area (Å²) in [7, 11) is 1.38. The third-order valence-electron chi connectivity index (χ3n) is 5.86. The number of nitrogens with one attached hydrogen (secondary N) is 1. The van der Waals surface area contributed by atoms with Gasteiger partial charge < -0.3 is 19.5 Å². The molecule has 0 aliphatic heterocycles. The minimum absolute atomic E-state index is 0.0564. The van der Waals surface area contributed by atoms with Crippen LogP contribution in [0, 0.1) is 21.4 Å². The molecule has 0 saturated heterocycles. The number of carbonyl (C=O) groups is 1. The van der Waals surface area contributed by atoms with E-state index in [1.54, 1.807) is 18.2 Å². The predicted molar refractivity (Wildman–Crippen MR) is 148 cm³/mol. The van der Waals surface area contributed by atoms with E-state index in [0.717, 1.165) is 16.3 Å². The zero-order chi connectivity index (χ0) is 27.8. The summed E-state index contributed by atoms with van der Waals surface area (Å²) in [4.78, 5) is 23.6. The molecule has 9 heteroatoms. The van der Waals surface area contributed by atoms with E-state index in [-0.39, 0.29) is 22.7 Å². The van der Waals surface area contributed by atoms with Gasteiger partial charge in [0.1, 0.15) is 29.7 Å². The van der Waals surface area contributed by atoms with Crippen LogP contribution in [0.25, 0.3) is 16.8 Å². The quantitative estimate of drug-likeness (QED) is 0.112. The maximum Gasteiger partial charge on any atom is 0.296 e. The number of carbonyl (C=O) groups excluding carboxylic acids is 1. The normalized spacial score (nSPS) is 10.9. The Morgan fingerprint density at radius 2 is 1.82 bits per heavy atom. The van der Waals surface area contributed by atoms with Crippen LogP contribution in [-0.4, -0.2) is 24.5 Å². The number of nitro benzene ring substituents is 1. The van der Waals surface area contributed by atoms with E-state index in [1.807, 2.05) is 55.5 Å². The Morgan fingerprint density at radius 3 is 2.56 bits per heavy atom. The molecule has 4 aromatic rings. The number of ether oxygens (including phenoxy) is 3. The molecule has 0 unspecified atom stereocenters. The fraction of sp³-hybridized carbons (Fsp3) is 0.133. The molecule has 0 aliphatic carbocycles. The highest BCUT2D eigenvalue weighted by Gasteiger charge is 2.19. The Kier molecular flexibility index (Phi) is 8.39. The van der Waals surface area contributed by atoms with E-state index in [1.165, 1.54) is 31.4 Å². The Morgan fingerprint density at radius 1 is 1.03 bits per heavy atom. The maximum absolute atomic E-state index is 12.8. The minimum Gasteiger partial charge on any atom is -0.496 e. The van der Waals surface area contributed by atoms with Gasteiger partial charge in [0.05, 0.1) is 24.7 Å². The van der Waals surface area contributed by atoms with Crippen LogP contribution in [0.3, 0.4) is 0 Å². The molecule has 0 heterocycles. The number of nitriles is 1. The summed E-state index contributed by atoms with van der Waals surface area (Å²) in [5.74, 6) is 0.440. The predicted octanol–water partition coefficient (Wildman–Crippen LogP) is 6.28. The SMILES string of the molecule is CCOc1cc(/C=C(\C#N)C(=O)Nc2ccc(OC)cc2[N+](=O)[O-])ccc1OCc1cccc2ccccc12. The number of rotatable bonds is 10. The molecule has 1 amide bonds. The largest absolute Gasteiger partial charge is 0.496 e. The lowest BCUT2D eigenvalue weighted by atomic mass is 10.1. The lowest BCUT2D eigenvalue weighted by molar-refractivity contribution is -0.384. The molecular formula is C30H25N3O6. The Labute approximate surface area is 225 Å². The van der Waals surface area contributed by atoms with Gasteiger partial charge in [0.15, 0.2) is 11.5 Å². The lowest BCUT2D eigenvalue weighted by Gasteiger charge is -2.14. The molecule has 1 N–H and O–H groups in total. The number of anilines is 1. The highest BCUT2D eigenvalue weighted by molar-refractivity contribution is 6.10. The van der Waals surface area contributed by atoms with Gasteiger partial charge in [0.25, 0.3) is 11.6 Å². The maximum atomic E-state index is 12.8. The van der Waals surface area contributed by atoms with Gasteiger partial charge in [-0.1, -0.05) is 48.5 Å². The summed E-state index contributed by atoms with van der Waals surface area (Å²) in [6, 6.07) is 25.0. The van der Waals surface area contributed by atoms with E-state index < -0.39 is 10.8 Å². The molecule has 0 fully saturated rings. The molecule has 0 radical (unpaired) electrons. The van der Waals surface area contributed by atoms with Crippen LogP contribution in [0.2, 0.25) is 0 Å². The summed E-state index contributed by atoms with van der Waals surface area (Å²) in [6.45, 7) is 2.54. The van der Waals surface area contributed by atoms with Crippen molar-refractivity contribution in [1.29, 1.82) is 5.26 Å². The zero-order valence-electron chi connectivity index (χ0n) is 21.3. The second-order valence-corrected chi connectivity index (χ2v) is 8.33. The van der Waals surface area contributed by atoms with Crippen LogP contribution in [0.5, 0.6) is 17.2 Å². The van der Waals surface area contributed by atoms with Gasteiger partial charge in [-0.25, -0.2) is 0 Å². The molecule has 196 valence electrons. The average molecular weight is 524 g/mol. The second-order valence-electron chi connectivity index (χ2n) is 8.33. The topological polar surface area (TPSA) is 124 Å². The van der Waals surface area contributed by atoms with Gasteiger partial charge in [0, 0.05) is 0 Å². The number of amides is 1. The van der Waals surface area contributed by atoms with Crippen LogP contribution in [-0.2, 0) is 11.4 Å². The first-order valence-electron chi connectivity index (χ1n) is 12.0. The first-order chi connectivity index (χ1) is 18.9. The van der Waals surface area contributed by atoms with E-state index in [9.17, 15) is 20.2 Å². The van der Waals surface area contributed by atoms with Crippen molar-refractivity contribution in [1.82, 2.24) is 0 Å². The van der Waals surface area contributed by atoms with Gasteiger partial charge in [-0.2, -0.15) is 5.26 Å². The van der Waals surface area contributed by atoms with Crippen LogP contribution in [0.1, 0.15) is 18.1 Å². The third kappa shape index (κ3) is 6.32. The second kappa shape index (κ2) is 12.3. The molecule has 0 bridgehead atoms. The Hall–Kier alpha value is -5.36. The number of hydrogen-bond acceptors (Lipinski definition) is 7. The van der Waals surface area contributed by atoms with Crippen LogP contribution >= 0.6 is 0 Å². The van der Waals surface area contributed by atoms with Crippen molar-refractivity contribution in [2.45, 2.75) is 13.5 Å². The Balaban J connectivity index is 1.56. The fourth-order valence-electron chi connectivity index (χ4n) is 3.98. The lowest BCUT2D eigenvalue weighted by Crippen LogP contribution is -2.14. The average Bonchev–Trinajstić information content (AvgIpc) is 2.95. The standard InChI is InChI=1S/C30H25N3O6/c1-3-38-29-16-20(11-14-28(29)39-19-22-9-6-8-21-7-4-5-10-25(21)22)15-23(18-31)30(34)32-26-13-12-24(37-2)17-27(26)33(35)36/h4-17H,3,19H2,1-2H3,(H,32,34)/b23-15+. The minimum atomic E-state index is -0.792. The number of methoxy groups -OCH3 is 1. The molecule has 0 atom stereocenters. The van der Waals surface area contributed by atoms with Gasteiger partial charge >= 0.3 is 0 Å². The van der Waals surface area contributed by atoms with Crippen molar-refractivity contribution in [3.63, 3.8) is 0 Å². The van der Waals surface area contributed by atoms with Crippen LogP contribution in [0.4, 0.5) is 11.4 Å².